The smallest absolute Gasteiger partial charge is 0.00450 e. The van der Waals surface area contributed by atoms with Crippen LogP contribution in [0.5, 0.6) is 0 Å². The van der Waals surface area contributed by atoms with Crippen LogP contribution < -0.4 is 0 Å². The monoisotopic (exact) mass is 138 g/mol. The van der Waals surface area contributed by atoms with Crippen molar-refractivity contribution < 1.29 is 0 Å². The molecule has 38 valence electrons. The summed E-state index contributed by atoms with van der Waals surface area (Å²) in [6, 6.07) is 0. The molecule has 0 nitrogen and oxygen atoms in total. The summed E-state index contributed by atoms with van der Waals surface area (Å²) >= 11 is 0. The fraction of sp³-hybridized carbons (Fsp3) is 1.00. The van der Waals surface area contributed by atoms with Gasteiger partial charge < -0.3 is 0 Å². The molecule has 1 saturated heterocycles. The molecular weight excluding hydrogens is 128 g/mol. The Kier molecular flexibility index (Phi) is 4.71. The highest BCUT2D eigenvalue weighted by Crippen LogP contribution is 2.29. The maximum absolute atomic E-state index is 1.99. The van der Waals surface area contributed by atoms with Crippen LogP contribution in [0.1, 0.15) is 6.42 Å². The predicted octanol–water partition coefficient (Wildman–Crippen LogP) is 0.320. The molecule has 0 bridgehead atoms. The Labute approximate surface area is 50.9 Å². The molecule has 1 rings (SSSR count). The largest absolute Gasteiger partial charge is 0.0941 e. The van der Waals surface area contributed by atoms with Crippen LogP contribution in [-0.4, -0.2) is 22.5 Å². The second-order valence-electron chi connectivity index (χ2n) is 0.998. The molecule has 6 heavy (non-hydrogen) atoms. The van der Waals surface area contributed by atoms with Crippen molar-refractivity contribution in [1.29, 1.82) is 0 Å². The van der Waals surface area contributed by atoms with Gasteiger partial charge in [0.2, 0.25) is 0 Å². The molecule has 0 aliphatic carbocycles. The SMILES string of the molecule is C1CSSC1.[SiH4]. The molecule has 1 heterocycles. The summed E-state index contributed by atoms with van der Waals surface area (Å²) in [6.45, 7) is 0. The molecule has 0 saturated carbocycles. The van der Waals surface area contributed by atoms with Gasteiger partial charge in [-0.15, -0.1) is 0 Å². The third-order valence-electron chi connectivity index (χ3n) is 0.539. The molecule has 0 aromatic carbocycles. The van der Waals surface area contributed by atoms with Crippen LogP contribution in [0.2, 0.25) is 0 Å². The lowest BCUT2D eigenvalue weighted by Gasteiger charge is -1.69. The molecule has 0 radical (unpaired) electrons. The van der Waals surface area contributed by atoms with E-state index in [4.69, 9.17) is 0 Å². The Hall–Kier alpha value is 0.917. The summed E-state index contributed by atoms with van der Waals surface area (Å²) in [5.74, 6) is 2.76. The Morgan fingerprint density at radius 2 is 1.50 bits per heavy atom. The quantitative estimate of drug-likeness (QED) is 0.349. The maximum atomic E-state index is 1.99. The van der Waals surface area contributed by atoms with Crippen molar-refractivity contribution in [2.24, 2.45) is 0 Å². The highest BCUT2D eigenvalue weighted by molar-refractivity contribution is 8.77. The standard InChI is InChI=1S/C3H6S2.H4Si/c1-2-4-5-3-1;/h1-3H2;1H4. The molecule has 1 aliphatic heterocycles. The maximum Gasteiger partial charge on any atom is 0.00450 e. The van der Waals surface area contributed by atoms with Crippen LogP contribution in [0, 0.1) is 0 Å². The molecule has 1 aliphatic rings. The summed E-state index contributed by atoms with van der Waals surface area (Å²) in [4.78, 5) is 0. The van der Waals surface area contributed by atoms with E-state index in [0.29, 0.717) is 0 Å². The van der Waals surface area contributed by atoms with Gasteiger partial charge >= 0.3 is 0 Å². The average Bonchev–Trinajstić information content (AvgIpc) is 1.76. The summed E-state index contributed by atoms with van der Waals surface area (Å²) < 4.78 is 0. The average molecular weight is 138 g/mol. The van der Waals surface area contributed by atoms with Gasteiger partial charge in [0.05, 0.1) is 0 Å². The first-order chi connectivity index (χ1) is 2.50. The molecule has 0 N–H and O–H groups in total. The minimum Gasteiger partial charge on any atom is -0.0941 e. The van der Waals surface area contributed by atoms with Gasteiger partial charge in [-0.3, -0.25) is 0 Å². The molecule has 0 atom stereocenters. The van der Waals surface area contributed by atoms with Crippen molar-refractivity contribution >= 4 is 32.6 Å². The summed E-state index contributed by atoms with van der Waals surface area (Å²) in [5, 5.41) is 0. The molecule has 3 heteroatoms. The van der Waals surface area contributed by atoms with E-state index in [9.17, 15) is 0 Å². The van der Waals surface area contributed by atoms with E-state index in [1.165, 1.54) is 17.9 Å². The molecule has 0 amide bonds. The number of hydrogen-bond donors (Lipinski definition) is 0. The van der Waals surface area contributed by atoms with Gasteiger partial charge in [0.1, 0.15) is 0 Å². The lowest BCUT2D eigenvalue weighted by molar-refractivity contribution is 1.15. The van der Waals surface area contributed by atoms with Crippen LogP contribution in [0.15, 0.2) is 0 Å². The van der Waals surface area contributed by atoms with Crippen LogP contribution in [0.25, 0.3) is 0 Å². The van der Waals surface area contributed by atoms with Crippen molar-refractivity contribution in [3.8, 4) is 0 Å². The zero-order valence-corrected chi connectivity index (χ0v) is 4.57. The molecule has 0 unspecified atom stereocenters. The summed E-state index contributed by atoms with van der Waals surface area (Å²) in [7, 11) is 3.98. The van der Waals surface area contributed by atoms with E-state index >= 15 is 0 Å². The normalized spacial score (nSPS) is 20.0. The molecule has 1 fully saturated rings. The van der Waals surface area contributed by atoms with Gasteiger partial charge in [-0.2, -0.15) is 0 Å². The second-order valence-corrected chi connectivity index (χ2v) is 3.70. The second kappa shape index (κ2) is 4.09. The Morgan fingerprint density at radius 1 is 1.00 bits per heavy atom. The van der Waals surface area contributed by atoms with Crippen LogP contribution >= 0.6 is 21.6 Å². The van der Waals surface area contributed by atoms with E-state index < -0.39 is 0 Å². The molecule has 0 aromatic heterocycles. The van der Waals surface area contributed by atoms with Gasteiger partial charge in [-0.1, -0.05) is 21.6 Å². The van der Waals surface area contributed by atoms with Crippen molar-refractivity contribution in [1.82, 2.24) is 0 Å². The Bertz CT molecular complexity index is 20.4. The highest BCUT2D eigenvalue weighted by atomic mass is 33.1. The van der Waals surface area contributed by atoms with Gasteiger partial charge in [0.15, 0.2) is 0 Å². The van der Waals surface area contributed by atoms with Crippen LogP contribution in [0.4, 0.5) is 0 Å². The first-order valence-electron chi connectivity index (χ1n) is 1.74. The van der Waals surface area contributed by atoms with Gasteiger partial charge in [-0.25, -0.2) is 0 Å². The van der Waals surface area contributed by atoms with Crippen LogP contribution in [-0.2, 0) is 0 Å². The van der Waals surface area contributed by atoms with Gasteiger partial charge in [0, 0.05) is 11.5 Å². The molecule has 0 aromatic rings. The van der Waals surface area contributed by atoms with Crippen molar-refractivity contribution in [2.45, 2.75) is 6.42 Å². The van der Waals surface area contributed by atoms with E-state index in [0.717, 1.165) is 0 Å². The predicted molar refractivity (Wildman–Crippen MR) is 40.9 cm³/mol. The fourth-order valence-electron chi connectivity index (χ4n) is 0.295. The van der Waals surface area contributed by atoms with E-state index in [1.807, 2.05) is 21.6 Å². The first kappa shape index (κ1) is 6.92. The number of rotatable bonds is 0. The zero-order chi connectivity index (χ0) is 3.54. The molecular formula is C3H10S2Si. The van der Waals surface area contributed by atoms with E-state index in [2.05, 4.69) is 0 Å². The molecule has 0 spiro atoms. The fourth-order valence-corrected chi connectivity index (χ4v) is 2.65. The highest BCUT2D eigenvalue weighted by Gasteiger charge is 1.96. The topological polar surface area (TPSA) is 0 Å². The lowest BCUT2D eigenvalue weighted by Crippen LogP contribution is -1.63. The minimum atomic E-state index is 0. The van der Waals surface area contributed by atoms with Crippen molar-refractivity contribution in [2.75, 3.05) is 11.5 Å². The third kappa shape index (κ3) is 2.15. The minimum absolute atomic E-state index is 0. The van der Waals surface area contributed by atoms with Gasteiger partial charge in [-0.05, 0) is 17.4 Å². The van der Waals surface area contributed by atoms with Gasteiger partial charge in [0.25, 0.3) is 0 Å². The Balaban J connectivity index is 0.000000250. The summed E-state index contributed by atoms with van der Waals surface area (Å²) in [6.07, 6.45) is 1.43. The lowest BCUT2D eigenvalue weighted by atomic mass is 10.6. The van der Waals surface area contributed by atoms with Crippen LogP contribution in [0.3, 0.4) is 0 Å². The van der Waals surface area contributed by atoms with E-state index in [1.54, 1.807) is 0 Å². The summed E-state index contributed by atoms with van der Waals surface area (Å²) in [5.41, 5.74) is 0. The van der Waals surface area contributed by atoms with Crippen molar-refractivity contribution in [3.63, 3.8) is 0 Å². The Morgan fingerprint density at radius 3 is 1.67 bits per heavy atom. The third-order valence-corrected chi connectivity index (χ3v) is 3.12. The van der Waals surface area contributed by atoms with Crippen molar-refractivity contribution in [3.05, 3.63) is 0 Å². The number of hydrogen-bond acceptors (Lipinski definition) is 2. The zero-order valence-electron chi connectivity index (χ0n) is 2.94. The van der Waals surface area contributed by atoms with E-state index in [-0.39, 0.29) is 11.0 Å². The first-order valence-corrected chi connectivity index (χ1v) is 4.23.